The highest BCUT2D eigenvalue weighted by Gasteiger charge is 2.28. The van der Waals surface area contributed by atoms with Crippen molar-refractivity contribution in [1.82, 2.24) is 0 Å². The summed E-state index contributed by atoms with van der Waals surface area (Å²) < 4.78 is 0.578. The van der Waals surface area contributed by atoms with Crippen molar-refractivity contribution in [1.29, 1.82) is 0 Å². The first-order valence-corrected chi connectivity index (χ1v) is 5.52. The highest BCUT2D eigenvalue weighted by Crippen LogP contribution is 2.46. The number of rotatable bonds is 2. The van der Waals surface area contributed by atoms with Crippen molar-refractivity contribution in [2.75, 3.05) is 11.5 Å². The fraction of sp³-hybridized carbons (Fsp3) is 1.00. The number of hydrogen-bond acceptors (Lipinski definition) is 2. The van der Waals surface area contributed by atoms with Crippen LogP contribution in [-0.4, -0.2) is 15.6 Å². The minimum Gasteiger partial charge on any atom is -0.144 e. The van der Waals surface area contributed by atoms with Crippen LogP contribution in [0.2, 0.25) is 0 Å². The standard InChI is InChI=1S/C7H14S2/c1-3-4-7(2)8-5-6-9-7/h3-6H2,1-2H3. The van der Waals surface area contributed by atoms with Gasteiger partial charge in [0.1, 0.15) is 0 Å². The predicted octanol–water partition coefficient (Wildman–Crippen LogP) is 2.98. The van der Waals surface area contributed by atoms with Crippen molar-refractivity contribution in [3.63, 3.8) is 0 Å². The fourth-order valence-electron chi connectivity index (χ4n) is 1.16. The first-order chi connectivity index (χ1) is 4.27. The maximum atomic E-state index is 2.37. The number of hydrogen-bond donors (Lipinski definition) is 0. The summed E-state index contributed by atoms with van der Waals surface area (Å²) in [5.74, 6) is 2.72. The molecule has 2 heteroatoms. The third-order valence-corrected chi connectivity index (χ3v) is 5.01. The van der Waals surface area contributed by atoms with Gasteiger partial charge in [0.05, 0.1) is 4.08 Å². The molecule has 0 atom stereocenters. The molecule has 0 aromatic heterocycles. The van der Waals surface area contributed by atoms with Crippen LogP contribution < -0.4 is 0 Å². The lowest BCUT2D eigenvalue weighted by Crippen LogP contribution is -2.09. The second kappa shape index (κ2) is 3.20. The van der Waals surface area contributed by atoms with Crippen LogP contribution in [-0.2, 0) is 0 Å². The molecule has 0 saturated carbocycles. The molecule has 1 rings (SSSR count). The molecular formula is C7H14S2. The smallest absolute Gasteiger partial charge is 0.0583 e. The molecule has 0 nitrogen and oxygen atoms in total. The van der Waals surface area contributed by atoms with Gasteiger partial charge in [0.2, 0.25) is 0 Å². The van der Waals surface area contributed by atoms with Gasteiger partial charge in [0.15, 0.2) is 0 Å². The van der Waals surface area contributed by atoms with E-state index in [-0.39, 0.29) is 0 Å². The molecule has 0 aromatic rings. The van der Waals surface area contributed by atoms with Crippen LogP contribution in [0.1, 0.15) is 26.7 Å². The predicted molar refractivity (Wildman–Crippen MR) is 48.2 cm³/mol. The van der Waals surface area contributed by atoms with Crippen LogP contribution in [0.4, 0.5) is 0 Å². The largest absolute Gasteiger partial charge is 0.144 e. The fourth-order valence-corrected chi connectivity index (χ4v) is 4.22. The summed E-state index contributed by atoms with van der Waals surface area (Å²) in [4.78, 5) is 0. The van der Waals surface area contributed by atoms with Crippen LogP contribution in [0.3, 0.4) is 0 Å². The van der Waals surface area contributed by atoms with Gasteiger partial charge in [-0.1, -0.05) is 13.3 Å². The molecule has 0 radical (unpaired) electrons. The molecule has 0 aliphatic carbocycles. The summed E-state index contributed by atoms with van der Waals surface area (Å²) >= 11 is 4.26. The zero-order chi connectivity index (χ0) is 6.74. The normalized spacial score (nSPS) is 24.7. The molecule has 1 aliphatic rings. The zero-order valence-electron chi connectivity index (χ0n) is 6.14. The Bertz CT molecular complexity index is 84.9. The van der Waals surface area contributed by atoms with Crippen molar-refractivity contribution < 1.29 is 0 Å². The van der Waals surface area contributed by atoms with E-state index in [4.69, 9.17) is 0 Å². The minimum absolute atomic E-state index is 0.578. The average molecular weight is 162 g/mol. The van der Waals surface area contributed by atoms with Crippen molar-refractivity contribution >= 4 is 23.5 Å². The van der Waals surface area contributed by atoms with E-state index in [1.54, 1.807) is 0 Å². The van der Waals surface area contributed by atoms with E-state index in [9.17, 15) is 0 Å². The van der Waals surface area contributed by atoms with E-state index in [0.29, 0.717) is 4.08 Å². The third-order valence-electron chi connectivity index (χ3n) is 1.60. The van der Waals surface area contributed by atoms with Crippen molar-refractivity contribution in [2.45, 2.75) is 30.8 Å². The van der Waals surface area contributed by atoms with E-state index in [0.717, 1.165) is 0 Å². The van der Waals surface area contributed by atoms with E-state index in [2.05, 4.69) is 37.4 Å². The third kappa shape index (κ3) is 2.08. The molecular weight excluding hydrogens is 148 g/mol. The van der Waals surface area contributed by atoms with Crippen molar-refractivity contribution in [3.8, 4) is 0 Å². The van der Waals surface area contributed by atoms with Gasteiger partial charge in [-0.2, -0.15) is 0 Å². The maximum absolute atomic E-state index is 2.37. The Balaban J connectivity index is 2.32. The Morgan fingerprint density at radius 2 is 1.89 bits per heavy atom. The Morgan fingerprint density at radius 1 is 1.33 bits per heavy atom. The van der Waals surface area contributed by atoms with E-state index >= 15 is 0 Å². The topological polar surface area (TPSA) is 0 Å². The lowest BCUT2D eigenvalue weighted by molar-refractivity contribution is 0.751. The molecule has 1 aliphatic heterocycles. The molecule has 1 heterocycles. The van der Waals surface area contributed by atoms with Gasteiger partial charge < -0.3 is 0 Å². The van der Waals surface area contributed by atoms with Crippen LogP contribution in [0.15, 0.2) is 0 Å². The summed E-state index contributed by atoms with van der Waals surface area (Å²) in [6.45, 7) is 4.64. The van der Waals surface area contributed by atoms with E-state index in [1.165, 1.54) is 24.3 Å². The summed E-state index contributed by atoms with van der Waals surface area (Å²) in [5.41, 5.74) is 0. The molecule has 1 fully saturated rings. The van der Waals surface area contributed by atoms with Crippen molar-refractivity contribution in [2.24, 2.45) is 0 Å². The quantitative estimate of drug-likeness (QED) is 0.612. The summed E-state index contributed by atoms with van der Waals surface area (Å²) in [6, 6.07) is 0. The molecule has 0 spiro atoms. The minimum atomic E-state index is 0.578. The first-order valence-electron chi connectivity index (χ1n) is 3.55. The second-order valence-electron chi connectivity index (χ2n) is 2.58. The van der Waals surface area contributed by atoms with E-state index < -0.39 is 0 Å². The first kappa shape index (κ1) is 7.80. The second-order valence-corrected chi connectivity index (χ2v) is 6.04. The van der Waals surface area contributed by atoms with Gasteiger partial charge >= 0.3 is 0 Å². The SMILES string of the molecule is CCCC1(C)SCCS1. The van der Waals surface area contributed by atoms with Crippen LogP contribution in [0.25, 0.3) is 0 Å². The molecule has 0 aromatic carbocycles. The van der Waals surface area contributed by atoms with Gasteiger partial charge in [0.25, 0.3) is 0 Å². The van der Waals surface area contributed by atoms with Gasteiger partial charge in [-0.05, 0) is 13.3 Å². The average Bonchev–Trinajstić information content (AvgIpc) is 2.16. The zero-order valence-corrected chi connectivity index (χ0v) is 7.78. The van der Waals surface area contributed by atoms with Gasteiger partial charge in [0, 0.05) is 11.5 Å². The van der Waals surface area contributed by atoms with Crippen LogP contribution in [0.5, 0.6) is 0 Å². The summed E-state index contributed by atoms with van der Waals surface area (Å²) in [6.07, 6.45) is 2.71. The molecule has 0 unspecified atom stereocenters. The molecule has 0 amide bonds. The van der Waals surface area contributed by atoms with Crippen LogP contribution in [0, 0.1) is 0 Å². The van der Waals surface area contributed by atoms with Crippen molar-refractivity contribution in [3.05, 3.63) is 0 Å². The summed E-state index contributed by atoms with van der Waals surface area (Å²) in [5, 5.41) is 0. The Labute approximate surface area is 66.2 Å². The molecule has 1 saturated heterocycles. The summed E-state index contributed by atoms with van der Waals surface area (Å²) in [7, 11) is 0. The molecule has 54 valence electrons. The Kier molecular flexibility index (Phi) is 2.77. The highest BCUT2D eigenvalue weighted by molar-refractivity contribution is 8.21. The van der Waals surface area contributed by atoms with Gasteiger partial charge in [-0.3, -0.25) is 0 Å². The number of thioether (sulfide) groups is 2. The maximum Gasteiger partial charge on any atom is 0.0583 e. The van der Waals surface area contributed by atoms with Gasteiger partial charge in [-0.25, -0.2) is 0 Å². The van der Waals surface area contributed by atoms with Gasteiger partial charge in [-0.15, -0.1) is 23.5 Å². The lowest BCUT2D eigenvalue weighted by atomic mass is 10.3. The monoisotopic (exact) mass is 162 g/mol. The Hall–Kier alpha value is 0.700. The molecule has 0 N–H and O–H groups in total. The van der Waals surface area contributed by atoms with E-state index in [1.807, 2.05) is 0 Å². The lowest BCUT2D eigenvalue weighted by Gasteiger charge is -2.19. The highest BCUT2D eigenvalue weighted by atomic mass is 32.2. The molecule has 9 heavy (non-hydrogen) atoms. The Morgan fingerprint density at radius 3 is 2.33 bits per heavy atom. The molecule has 0 bridgehead atoms. The van der Waals surface area contributed by atoms with Crippen LogP contribution >= 0.6 is 23.5 Å².